The van der Waals surface area contributed by atoms with Gasteiger partial charge in [0.15, 0.2) is 6.04 Å². The van der Waals surface area contributed by atoms with Gasteiger partial charge in [0.1, 0.15) is 17.0 Å². The van der Waals surface area contributed by atoms with Gasteiger partial charge in [-0.2, -0.15) is 0 Å². The monoisotopic (exact) mass is 480 g/mol. The normalized spacial score (nSPS) is 14.0. The zero-order valence-corrected chi connectivity index (χ0v) is 19.6. The number of carbonyl (C=O) groups is 3. The van der Waals surface area contributed by atoms with E-state index in [0.717, 1.165) is 32.3 Å². The van der Waals surface area contributed by atoms with Crippen LogP contribution in [0, 0.1) is 0 Å². The molecule has 10 heteroatoms. The molecule has 2 aromatic heterocycles. The molecule has 0 spiro atoms. The zero-order valence-electron chi connectivity index (χ0n) is 18.8. The highest BCUT2D eigenvalue weighted by Crippen LogP contribution is 2.38. The summed E-state index contributed by atoms with van der Waals surface area (Å²) in [6.07, 6.45) is 4.45. The molecule has 0 saturated carbocycles. The number of ether oxygens (including phenoxy) is 2. The lowest BCUT2D eigenvalue weighted by Crippen LogP contribution is -2.34. The molecule has 1 amide bonds. The minimum atomic E-state index is -0.727. The second-order valence-corrected chi connectivity index (χ2v) is 8.60. The van der Waals surface area contributed by atoms with Gasteiger partial charge in [0.05, 0.1) is 25.6 Å². The minimum Gasteiger partial charge on any atom is -0.467 e. The molecule has 0 saturated heterocycles. The fraction of sp³-hybridized carbons (Fsp3) is 0.292. The predicted octanol–water partition coefficient (Wildman–Crippen LogP) is 3.02. The first-order valence-corrected chi connectivity index (χ1v) is 11.6. The first-order valence-electron chi connectivity index (χ1n) is 10.8. The van der Waals surface area contributed by atoms with E-state index in [4.69, 9.17) is 9.47 Å². The molecular formula is C24H24N4O5S. The third kappa shape index (κ3) is 4.91. The summed E-state index contributed by atoms with van der Waals surface area (Å²) in [6.45, 7) is 2.85. The van der Waals surface area contributed by atoms with Crippen molar-refractivity contribution in [3.05, 3.63) is 64.8 Å². The highest BCUT2D eigenvalue weighted by Gasteiger charge is 2.28. The van der Waals surface area contributed by atoms with Crippen LogP contribution in [-0.4, -0.2) is 53.0 Å². The number of aromatic nitrogens is 2. The van der Waals surface area contributed by atoms with E-state index in [9.17, 15) is 14.4 Å². The Bertz CT molecular complexity index is 1240. The van der Waals surface area contributed by atoms with Crippen molar-refractivity contribution in [1.82, 2.24) is 14.9 Å². The molecular weight excluding hydrogens is 456 g/mol. The predicted molar refractivity (Wildman–Crippen MR) is 127 cm³/mol. The fourth-order valence-electron chi connectivity index (χ4n) is 3.84. The molecule has 0 bridgehead atoms. The van der Waals surface area contributed by atoms with E-state index < -0.39 is 18.0 Å². The van der Waals surface area contributed by atoms with Gasteiger partial charge in [-0.1, -0.05) is 30.3 Å². The standard InChI is InChI=1S/C24H24N4O5S/c1-3-33-19(30)10-9-18(29)28-12-11-16-17(13-28)34-23-20(16)22(25-14-26-23)27-21(24(31)32-2)15-7-5-4-6-8-15/h4-10,14,21H,3,11-13H2,1-2H3,(H,25,26,27). The Kier molecular flexibility index (Phi) is 7.17. The second kappa shape index (κ2) is 10.4. The van der Waals surface area contributed by atoms with Crippen LogP contribution >= 0.6 is 11.3 Å². The van der Waals surface area contributed by atoms with E-state index in [0.29, 0.717) is 25.3 Å². The van der Waals surface area contributed by atoms with Crippen LogP contribution in [0.5, 0.6) is 0 Å². The van der Waals surface area contributed by atoms with E-state index >= 15 is 0 Å². The molecule has 1 aliphatic heterocycles. The topological polar surface area (TPSA) is 111 Å². The highest BCUT2D eigenvalue weighted by atomic mass is 32.1. The number of carbonyl (C=O) groups excluding carboxylic acids is 3. The number of anilines is 1. The minimum absolute atomic E-state index is 0.254. The second-order valence-electron chi connectivity index (χ2n) is 7.51. The average Bonchev–Trinajstić information content (AvgIpc) is 3.24. The molecule has 1 aromatic carbocycles. The molecule has 3 aromatic rings. The highest BCUT2D eigenvalue weighted by molar-refractivity contribution is 7.19. The molecule has 4 rings (SSSR count). The summed E-state index contributed by atoms with van der Waals surface area (Å²) in [6, 6.07) is 8.57. The third-order valence-electron chi connectivity index (χ3n) is 5.45. The Morgan fingerprint density at radius 1 is 1.21 bits per heavy atom. The number of rotatable bonds is 7. The number of esters is 2. The van der Waals surface area contributed by atoms with Crippen molar-refractivity contribution in [2.24, 2.45) is 0 Å². The molecule has 1 atom stereocenters. The quantitative estimate of drug-likeness (QED) is 0.406. The summed E-state index contributed by atoms with van der Waals surface area (Å²) in [7, 11) is 1.35. The number of thiophene rings is 1. The van der Waals surface area contributed by atoms with Crippen LogP contribution in [0.25, 0.3) is 10.2 Å². The number of nitrogens with one attached hydrogen (secondary N) is 1. The van der Waals surface area contributed by atoms with Gasteiger partial charge in [0, 0.05) is 23.6 Å². The van der Waals surface area contributed by atoms with Crippen LogP contribution in [-0.2, 0) is 36.8 Å². The number of nitrogens with zero attached hydrogens (tertiary/aromatic N) is 3. The summed E-state index contributed by atoms with van der Waals surface area (Å²) in [5.41, 5.74) is 1.81. The first kappa shape index (κ1) is 23.4. The molecule has 176 valence electrons. The maximum Gasteiger partial charge on any atom is 0.333 e. The van der Waals surface area contributed by atoms with E-state index in [1.165, 1.54) is 30.8 Å². The number of hydrogen-bond acceptors (Lipinski definition) is 9. The number of hydrogen-bond donors (Lipinski definition) is 1. The van der Waals surface area contributed by atoms with Crippen LogP contribution in [0.1, 0.15) is 29.0 Å². The summed E-state index contributed by atoms with van der Waals surface area (Å²) in [4.78, 5) is 48.9. The van der Waals surface area contributed by atoms with Crippen LogP contribution in [0.4, 0.5) is 5.82 Å². The van der Waals surface area contributed by atoms with Crippen LogP contribution in [0.3, 0.4) is 0 Å². The number of amides is 1. The van der Waals surface area contributed by atoms with E-state index in [-0.39, 0.29) is 12.5 Å². The van der Waals surface area contributed by atoms with E-state index in [1.54, 1.807) is 11.8 Å². The van der Waals surface area contributed by atoms with Gasteiger partial charge in [-0.05, 0) is 24.5 Å². The molecule has 1 aliphatic rings. The van der Waals surface area contributed by atoms with Crippen molar-refractivity contribution in [1.29, 1.82) is 0 Å². The Balaban J connectivity index is 1.60. The van der Waals surface area contributed by atoms with Gasteiger partial charge < -0.3 is 19.7 Å². The smallest absolute Gasteiger partial charge is 0.333 e. The van der Waals surface area contributed by atoms with Gasteiger partial charge in [-0.3, -0.25) is 4.79 Å². The Hall–Kier alpha value is -3.79. The molecule has 1 unspecified atom stereocenters. The average molecular weight is 481 g/mol. The van der Waals surface area contributed by atoms with Crippen molar-refractivity contribution >= 4 is 45.2 Å². The fourth-order valence-corrected chi connectivity index (χ4v) is 5.04. The molecule has 0 aliphatic carbocycles. The van der Waals surface area contributed by atoms with Gasteiger partial charge in [0.2, 0.25) is 5.91 Å². The van der Waals surface area contributed by atoms with Gasteiger partial charge in [-0.15, -0.1) is 11.3 Å². The molecule has 0 fully saturated rings. The Morgan fingerprint density at radius 2 is 2.00 bits per heavy atom. The van der Waals surface area contributed by atoms with Crippen molar-refractivity contribution in [2.45, 2.75) is 25.9 Å². The van der Waals surface area contributed by atoms with Crippen molar-refractivity contribution < 1.29 is 23.9 Å². The molecule has 0 radical (unpaired) electrons. The molecule has 34 heavy (non-hydrogen) atoms. The summed E-state index contributed by atoms with van der Waals surface area (Å²) >= 11 is 1.49. The molecule has 3 heterocycles. The van der Waals surface area contributed by atoms with Crippen LogP contribution < -0.4 is 5.32 Å². The summed E-state index contributed by atoms with van der Waals surface area (Å²) < 4.78 is 9.84. The van der Waals surface area contributed by atoms with Gasteiger partial charge in [-0.25, -0.2) is 19.6 Å². The van der Waals surface area contributed by atoms with Crippen molar-refractivity contribution in [3.8, 4) is 0 Å². The van der Waals surface area contributed by atoms with Gasteiger partial charge in [0.25, 0.3) is 0 Å². The summed E-state index contributed by atoms with van der Waals surface area (Å²) in [5.74, 6) is -0.675. The largest absolute Gasteiger partial charge is 0.467 e. The van der Waals surface area contributed by atoms with Crippen molar-refractivity contribution in [3.63, 3.8) is 0 Å². The SMILES string of the molecule is CCOC(=O)C=CC(=O)N1CCc2c(sc3ncnc(NC(C(=O)OC)c4ccccc4)c23)C1. The summed E-state index contributed by atoms with van der Waals surface area (Å²) in [5, 5.41) is 4.09. The van der Waals surface area contributed by atoms with Crippen LogP contribution in [0.2, 0.25) is 0 Å². The molecule has 1 N–H and O–H groups in total. The Labute approximate surface area is 200 Å². The lowest BCUT2D eigenvalue weighted by atomic mass is 10.0. The number of methoxy groups -OCH3 is 1. The zero-order chi connectivity index (χ0) is 24.1. The number of fused-ring (bicyclic) bond motifs is 3. The lowest BCUT2D eigenvalue weighted by Gasteiger charge is -2.26. The van der Waals surface area contributed by atoms with E-state index in [1.807, 2.05) is 30.3 Å². The first-order chi connectivity index (χ1) is 16.5. The van der Waals surface area contributed by atoms with Gasteiger partial charge >= 0.3 is 11.9 Å². The maximum absolute atomic E-state index is 12.6. The third-order valence-corrected chi connectivity index (χ3v) is 6.57. The number of benzene rings is 1. The maximum atomic E-state index is 12.6. The van der Waals surface area contributed by atoms with Crippen molar-refractivity contribution in [2.75, 3.05) is 25.6 Å². The van der Waals surface area contributed by atoms with E-state index in [2.05, 4.69) is 15.3 Å². The molecule has 9 nitrogen and oxygen atoms in total. The lowest BCUT2D eigenvalue weighted by molar-refractivity contribution is -0.141. The van der Waals surface area contributed by atoms with Crippen LogP contribution in [0.15, 0.2) is 48.8 Å². The Morgan fingerprint density at radius 3 is 2.74 bits per heavy atom.